The van der Waals surface area contributed by atoms with Crippen molar-refractivity contribution < 1.29 is 24.0 Å². The van der Waals surface area contributed by atoms with Crippen molar-refractivity contribution in [3.05, 3.63) is 120 Å². The zero-order chi connectivity index (χ0) is 27.6. The third kappa shape index (κ3) is 7.91. The van der Waals surface area contributed by atoms with Crippen LogP contribution < -0.4 is 16.0 Å². The molecule has 10 heteroatoms. The Balaban J connectivity index is 1.37. The van der Waals surface area contributed by atoms with Gasteiger partial charge in [-0.1, -0.05) is 42.5 Å². The van der Waals surface area contributed by atoms with Gasteiger partial charge in [-0.15, -0.1) is 0 Å². The predicted molar refractivity (Wildman–Crippen MR) is 149 cm³/mol. The summed E-state index contributed by atoms with van der Waals surface area (Å²) >= 11 is -1.70. The van der Waals surface area contributed by atoms with Crippen LogP contribution in [0.25, 0.3) is 0 Å². The Morgan fingerprint density at radius 2 is 1.64 bits per heavy atom. The zero-order valence-electron chi connectivity index (χ0n) is 20.7. The molecule has 1 aromatic heterocycles. The summed E-state index contributed by atoms with van der Waals surface area (Å²) in [5.41, 5.74) is 2.82. The normalized spacial score (nSPS) is 12.1. The maximum atomic E-state index is 13.3. The maximum Gasteiger partial charge on any atom is 0.319 e. The fraction of sp³-hybridized carbons (Fsp3) is 0.103. The summed E-state index contributed by atoms with van der Waals surface area (Å²) < 4.78 is 13.3. The lowest BCUT2D eigenvalue weighted by Gasteiger charge is -2.20. The number of carbonyl (C=O) groups excluding carboxylic acids is 2. The number of anilines is 2. The number of hydrogen-bond acceptors (Lipinski definition) is 5. The van der Waals surface area contributed by atoms with E-state index in [9.17, 15) is 24.0 Å². The van der Waals surface area contributed by atoms with Gasteiger partial charge in [0.1, 0.15) is 0 Å². The molecule has 1 heterocycles. The van der Waals surface area contributed by atoms with Gasteiger partial charge in [0.25, 0.3) is 5.91 Å². The number of aromatic nitrogens is 1. The van der Waals surface area contributed by atoms with Gasteiger partial charge in [0, 0.05) is 47.5 Å². The number of carboxylic acid groups (broad SMARTS) is 1. The zero-order valence-corrected chi connectivity index (χ0v) is 21.6. The molecule has 4 aromatic rings. The first-order valence-corrected chi connectivity index (χ1v) is 13.2. The monoisotopic (exact) mass is 542 g/mol. The molecule has 0 radical (unpaired) electrons. The molecule has 0 fully saturated rings. The number of carbonyl (C=O) groups is 3. The second kappa shape index (κ2) is 13.2. The number of urea groups is 1. The molecule has 4 N–H and O–H groups in total. The van der Waals surface area contributed by atoms with Crippen molar-refractivity contribution in [2.45, 2.75) is 23.1 Å². The van der Waals surface area contributed by atoms with Crippen molar-refractivity contribution in [1.29, 1.82) is 0 Å². The third-order valence-electron chi connectivity index (χ3n) is 5.70. The Morgan fingerprint density at radius 3 is 2.33 bits per heavy atom. The number of amides is 3. The number of nitrogens with zero attached hydrogens (tertiary/aromatic N) is 1. The van der Waals surface area contributed by atoms with Crippen LogP contribution in [0.3, 0.4) is 0 Å². The number of benzene rings is 3. The summed E-state index contributed by atoms with van der Waals surface area (Å²) in [5, 5.41) is 16.8. The molecule has 4 rings (SSSR count). The van der Waals surface area contributed by atoms with E-state index in [1.54, 1.807) is 66.9 Å². The number of aliphatic carboxylic acids is 1. The average Bonchev–Trinajstić information content (AvgIpc) is 2.96. The van der Waals surface area contributed by atoms with Crippen molar-refractivity contribution in [2.24, 2.45) is 0 Å². The minimum absolute atomic E-state index is 0.334. The lowest BCUT2D eigenvalue weighted by molar-refractivity contribution is -0.137. The Hall–Kier alpha value is -4.67. The van der Waals surface area contributed by atoms with E-state index < -0.39 is 28.3 Å². The SMILES string of the molecule is O=C(O)CC(c1cccnc1)[S+]([O-])c1cccc(NC(=O)c2ccc(NC(=O)NCc3ccccc3)cc2)c1. The number of hydrogen-bond donors (Lipinski definition) is 4. The van der Waals surface area contributed by atoms with Gasteiger partial charge in [0.15, 0.2) is 10.1 Å². The highest BCUT2D eigenvalue weighted by Gasteiger charge is 2.30. The fourth-order valence-electron chi connectivity index (χ4n) is 3.77. The first-order chi connectivity index (χ1) is 18.9. The van der Waals surface area contributed by atoms with Gasteiger partial charge in [-0.3, -0.25) is 14.6 Å². The highest BCUT2D eigenvalue weighted by molar-refractivity contribution is 7.91. The molecule has 3 amide bonds. The molecule has 0 saturated carbocycles. The highest BCUT2D eigenvalue weighted by Crippen LogP contribution is 2.32. The fourth-order valence-corrected chi connectivity index (χ4v) is 5.23. The van der Waals surface area contributed by atoms with Crippen LogP contribution in [0.15, 0.2) is 108 Å². The summed E-state index contributed by atoms with van der Waals surface area (Å²) in [7, 11) is 0. The summed E-state index contributed by atoms with van der Waals surface area (Å²) in [5.74, 6) is -1.47. The lowest BCUT2D eigenvalue weighted by atomic mass is 10.1. The van der Waals surface area contributed by atoms with Crippen molar-refractivity contribution >= 4 is 40.5 Å². The van der Waals surface area contributed by atoms with Gasteiger partial charge in [-0.25, -0.2) is 4.79 Å². The topological polar surface area (TPSA) is 143 Å². The maximum absolute atomic E-state index is 13.3. The highest BCUT2D eigenvalue weighted by atomic mass is 32.2. The van der Waals surface area contributed by atoms with E-state index in [-0.39, 0.29) is 12.5 Å². The van der Waals surface area contributed by atoms with E-state index in [0.717, 1.165) is 5.56 Å². The van der Waals surface area contributed by atoms with Gasteiger partial charge < -0.3 is 25.6 Å². The second-order valence-electron chi connectivity index (χ2n) is 8.52. The number of rotatable bonds is 10. The molecule has 0 saturated heterocycles. The molecule has 2 atom stereocenters. The van der Waals surface area contributed by atoms with E-state index in [4.69, 9.17) is 0 Å². The summed E-state index contributed by atoms with van der Waals surface area (Å²) in [4.78, 5) is 40.8. The van der Waals surface area contributed by atoms with Crippen LogP contribution in [0.2, 0.25) is 0 Å². The molecule has 3 aromatic carbocycles. The molecule has 0 aliphatic heterocycles. The molecular weight excluding hydrogens is 516 g/mol. The molecule has 0 bridgehead atoms. The Morgan fingerprint density at radius 1 is 0.872 bits per heavy atom. The van der Waals surface area contributed by atoms with Crippen LogP contribution in [-0.4, -0.2) is 32.6 Å². The van der Waals surface area contributed by atoms with Gasteiger partial charge >= 0.3 is 12.0 Å². The number of nitrogens with one attached hydrogen (secondary N) is 3. The minimum Gasteiger partial charge on any atom is -0.611 e. The van der Waals surface area contributed by atoms with Crippen LogP contribution in [0.5, 0.6) is 0 Å². The Kier molecular flexibility index (Phi) is 9.28. The molecule has 2 unspecified atom stereocenters. The molecule has 0 aliphatic rings. The van der Waals surface area contributed by atoms with E-state index >= 15 is 0 Å². The third-order valence-corrected chi connectivity index (χ3v) is 7.37. The van der Waals surface area contributed by atoms with Gasteiger partial charge in [-0.2, -0.15) is 0 Å². The molecule has 0 spiro atoms. The second-order valence-corrected chi connectivity index (χ2v) is 10.2. The van der Waals surface area contributed by atoms with Gasteiger partial charge in [0.05, 0.1) is 6.42 Å². The van der Waals surface area contributed by atoms with Gasteiger partial charge in [0.2, 0.25) is 0 Å². The van der Waals surface area contributed by atoms with Crippen LogP contribution in [0, 0.1) is 0 Å². The van der Waals surface area contributed by atoms with E-state index in [1.807, 2.05) is 30.3 Å². The van der Waals surface area contributed by atoms with Crippen molar-refractivity contribution in [3.8, 4) is 0 Å². The van der Waals surface area contributed by atoms with E-state index in [1.165, 1.54) is 6.20 Å². The van der Waals surface area contributed by atoms with Crippen LogP contribution in [-0.2, 0) is 22.5 Å². The van der Waals surface area contributed by atoms with Crippen molar-refractivity contribution in [3.63, 3.8) is 0 Å². The Bertz CT molecular complexity index is 1420. The van der Waals surface area contributed by atoms with E-state index in [2.05, 4.69) is 20.9 Å². The smallest absolute Gasteiger partial charge is 0.319 e. The number of pyridine rings is 1. The minimum atomic E-state index is -1.70. The first-order valence-electron chi connectivity index (χ1n) is 12.0. The van der Waals surface area contributed by atoms with Crippen LogP contribution in [0.1, 0.15) is 33.2 Å². The van der Waals surface area contributed by atoms with Crippen molar-refractivity contribution in [1.82, 2.24) is 10.3 Å². The van der Waals surface area contributed by atoms with Crippen LogP contribution in [0.4, 0.5) is 16.2 Å². The average molecular weight is 543 g/mol. The molecule has 39 heavy (non-hydrogen) atoms. The standard InChI is InChI=1S/C29H26N4O5S/c34-27(35)17-26(22-8-5-15-30-19-22)39(38)25-10-4-9-24(16-25)32-28(36)21-11-13-23(14-12-21)33-29(37)31-18-20-6-2-1-3-7-20/h1-16,19,26H,17-18H2,(H,32,36)(H,34,35)(H2,31,33,37). The Labute approximate surface area is 228 Å². The molecular formula is C29H26N4O5S. The molecule has 9 nitrogen and oxygen atoms in total. The molecule has 198 valence electrons. The van der Waals surface area contributed by atoms with Gasteiger partial charge in [-0.05, 0) is 59.2 Å². The largest absolute Gasteiger partial charge is 0.611 e. The van der Waals surface area contributed by atoms with Crippen LogP contribution >= 0.6 is 0 Å². The quantitative estimate of drug-likeness (QED) is 0.208. The molecule has 0 aliphatic carbocycles. The van der Waals surface area contributed by atoms with Crippen molar-refractivity contribution in [2.75, 3.05) is 10.6 Å². The predicted octanol–water partition coefficient (Wildman–Crippen LogP) is 4.98. The van der Waals surface area contributed by atoms with E-state index in [0.29, 0.717) is 33.9 Å². The lowest BCUT2D eigenvalue weighted by Crippen LogP contribution is -2.28. The summed E-state index contributed by atoms with van der Waals surface area (Å²) in [6, 6.07) is 25.4. The number of carboxylic acids is 1. The first kappa shape index (κ1) is 27.4. The summed E-state index contributed by atoms with van der Waals surface area (Å²) in [6.07, 6.45) is 2.73. The summed E-state index contributed by atoms with van der Waals surface area (Å²) in [6.45, 7) is 0.385.